The van der Waals surface area contributed by atoms with Gasteiger partial charge in [0.25, 0.3) is 0 Å². The number of ether oxygens (including phenoxy) is 1. The van der Waals surface area contributed by atoms with Crippen LogP contribution in [0.5, 0.6) is 5.75 Å². The number of amides is 1. The van der Waals surface area contributed by atoms with E-state index in [0.29, 0.717) is 25.4 Å². The molecule has 2 N–H and O–H groups in total. The molecule has 0 bridgehead atoms. The van der Waals surface area contributed by atoms with Crippen molar-refractivity contribution >= 4 is 5.91 Å². The van der Waals surface area contributed by atoms with Gasteiger partial charge in [-0.15, -0.1) is 0 Å². The van der Waals surface area contributed by atoms with Crippen LogP contribution in [0.15, 0.2) is 24.3 Å². The average Bonchev–Trinajstić information content (AvgIpc) is 2.52. The second-order valence-electron chi connectivity index (χ2n) is 5.40. The number of piperidine rings is 1. The normalized spacial score (nSPS) is 18.2. The number of para-hydroxylation sites is 1. The van der Waals surface area contributed by atoms with Gasteiger partial charge in [-0.25, -0.2) is 4.39 Å². The number of hydrogen-bond donors (Lipinski definition) is 2. The Morgan fingerprint density at radius 3 is 3.05 bits per heavy atom. The molecule has 1 heterocycles. The van der Waals surface area contributed by atoms with Crippen LogP contribution >= 0.6 is 0 Å². The monoisotopic (exact) mass is 294 g/mol. The zero-order valence-corrected chi connectivity index (χ0v) is 12.2. The van der Waals surface area contributed by atoms with E-state index >= 15 is 0 Å². The van der Waals surface area contributed by atoms with Crippen LogP contribution in [0.4, 0.5) is 4.39 Å². The smallest absolute Gasteiger partial charge is 0.220 e. The summed E-state index contributed by atoms with van der Waals surface area (Å²) in [6.07, 6.45) is 3.35. The molecule has 4 nitrogen and oxygen atoms in total. The minimum atomic E-state index is -0.369. The standard InChI is InChI=1S/C16H23FN2O2/c17-14-6-1-2-7-15(14)21-10-4-8-16(20)19-12-13-5-3-9-18-11-13/h1-2,6-7,13,18H,3-5,8-12H2,(H,19,20). The summed E-state index contributed by atoms with van der Waals surface area (Å²) in [4.78, 5) is 11.7. The van der Waals surface area contributed by atoms with Gasteiger partial charge in [0, 0.05) is 13.0 Å². The molecule has 1 aromatic carbocycles. The summed E-state index contributed by atoms with van der Waals surface area (Å²) >= 11 is 0. The lowest BCUT2D eigenvalue weighted by Gasteiger charge is -2.22. The van der Waals surface area contributed by atoms with Gasteiger partial charge >= 0.3 is 0 Å². The Morgan fingerprint density at radius 1 is 1.43 bits per heavy atom. The predicted octanol–water partition coefficient (Wildman–Crippen LogP) is 2.10. The number of nitrogens with one attached hydrogen (secondary N) is 2. The Balaban J connectivity index is 1.56. The molecule has 2 rings (SSSR count). The number of rotatable bonds is 7. The zero-order valence-electron chi connectivity index (χ0n) is 12.2. The van der Waals surface area contributed by atoms with E-state index < -0.39 is 0 Å². The van der Waals surface area contributed by atoms with Gasteiger partial charge in [-0.05, 0) is 50.4 Å². The SMILES string of the molecule is O=C(CCCOc1ccccc1F)NCC1CCCNC1. The van der Waals surface area contributed by atoms with Crippen LogP contribution in [-0.4, -0.2) is 32.1 Å². The van der Waals surface area contributed by atoms with Crippen molar-refractivity contribution in [1.29, 1.82) is 0 Å². The highest BCUT2D eigenvalue weighted by molar-refractivity contribution is 5.75. The molecular formula is C16H23FN2O2. The van der Waals surface area contributed by atoms with Gasteiger partial charge in [-0.1, -0.05) is 12.1 Å². The number of benzene rings is 1. The number of carbonyl (C=O) groups excluding carboxylic acids is 1. The Kier molecular flexibility index (Phi) is 6.47. The van der Waals surface area contributed by atoms with E-state index in [1.807, 2.05) is 0 Å². The highest BCUT2D eigenvalue weighted by Crippen LogP contribution is 2.15. The molecule has 1 atom stereocenters. The first-order valence-corrected chi connectivity index (χ1v) is 7.60. The fourth-order valence-corrected chi connectivity index (χ4v) is 2.42. The van der Waals surface area contributed by atoms with Crippen LogP contribution in [0.3, 0.4) is 0 Å². The molecule has 1 aliphatic heterocycles. The van der Waals surface area contributed by atoms with E-state index in [4.69, 9.17) is 4.74 Å². The van der Waals surface area contributed by atoms with E-state index in [2.05, 4.69) is 10.6 Å². The van der Waals surface area contributed by atoms with Gasteiger partial charge in [-0.3, -0.25) is 4.79 Å². The summed E-state index contributed by atoms with van der Waals surface area (Å²) in [6, 6.07) is 6.30. The molecule has 0 spiro atoms. The Morgan fingerprint density at radius 2 is 2.29 bits per heavy atom. The average molecular weight is 294 g/mol. The van der Waals surface area contributed by atoms with Crippen molar-refractivity contribution < 1.29 is 13.9 Å². The van der Waals surface area contributed by atoms with Crippen molar-refractivity contribution in [1.82, 2.24) is 10.6 Å². The van der Waals surface area contributed by atoms with E-state index in [9.17, 15) is 9.18 Å². The van der Waals surface area contributed by atoms with Gasteiger partial charge in [0.1, 0.15) is 0 Å². The largest absolute Gasteiger partial charge is 0.491 e. The third-order valence-corrected chi connectivity index (χ3v) is 3.63. The third-order valence-electron chi connectivity index (χ3n) is 3.63. The minimum absolute atomic E-state index is 0.0395. The first-order valence-electron chi connectivity index (χ1n) is 7.60. The third kappa shape index (κ3) is 5.71. The topological polar surface area (TPSA) is 50.4 Å². The van der Waals surface area contributed by atoms with Crippen molar-refractivity contribution in [3.05, 3.63) is 30.1 Å². The van der Waals surface area contributed by atoms with E-state index in [1.54, 1.807) is 18.2 Å². The van der Waals surface area contributed by atoms with Gasteiger partial charge in [0.05, 0.1) is 6.61 Å². The minimum Gasteiger partial charge on any atom is -0.491 e. The maximum atomic E-state index is 13.3. The lowest BCUT2D eigenvalue weighted by molar-refractivity contribution is -0.121. The fraction of sp³-hybridized carbons (Fsp3) is 0.562. The van der Waals surface area contributed by atoms with Crippen molar-refractivity contribution in [3.63, 3.8) is 0 Å². The van der Waals surface area contributed by atoms with Crippen molar-refractivity contribution in [3.8, 4) is 5.75 Å². The molecule has 1 aliphatic rings. The molecule has 116 valence electrons. The second-order valence-corrected chi connectivity index (χ2v) is 5.40. The van der Waals surface area contributed by atoms with Gasteiger partial charge in [-0.2, -0.15) is 0 Å². The van der Waals surface area contributed by atoms with Crippen LogP contribution in [0.25, 0.3) is 0 Å². The number of carbonyl (C=O) groups is 1. The molecule has 1 amide bonds. The van der Waals surface area contributed by atoms with Crippen LogP contribution in [0.2, 0.25) is 0 Å². The van der Waals surface area contributed by atoms with E-state index in [-0.39, 0.29) is 17.5 Å². The summed E-state index contributed by atoms with van der Waals surface area (Å²) in [6.45, 7) is 3.15. The summed E-state index contributed by atoms with van der Waals surface area (Å²) in [7, 11) is 0. The van der Waals surface area contributed by atoms with Crippen molar-refractivity contribution in [2.24, 2.45) is 5.92 Å². The molecule has 5 heteroatoms. The van der Waals surface area contributed by atoms with E-state index in [1.165, 1.54) is 18.9 Å². The van der Waals surface area contributed by atoms with Crippen LogP contribution in [0.1, 0.15) is 25.7 Å². The summed E-state index contributed by atoms with van der Waals surface area (Å²) in [5, 5.41) is 6.28. The lowest BCUT2D eigenvalue weighted by atomic mass is 10.00. The molecule has 1 saturated heterocycles. The first-order chi connectivity index (χ1) is 10.3. The molecule has 0 saturated carbocycles. The summed E-state index contributed by atoms with van der Waals surface area (Å²) in [5.74, 6) is 0.452. The maximum Gasteiger partial charge on any atom is 0.220 e. The van der Waals surface area contributed by atoms with Crippen molar-refractivity contribution in [2.75, 3.05) is 26.2 Å². The summed E-state index contributed by atoms with van der Waals surface area (Å²) < 4.78 is 18.6. The highest BCUT2D eigenvalue weighted by Gasteiger charge is 2.13. The quantitative estimate of drug-likeness (QED) is 0.757. The van der Waals surface area contributed by atoms with Gasteiger partial charge in [0.2, 0.25) is 5.91 Å². The van der Waals surface area contributed by atoms with Crippen molar-refractivity contribution in [2.45, 2.75) is 25.7 Å². The van der Waals surface area contributed by atoms with Crippen LogP contribution in [-0.2, 0) is 4.79 Å². The summed E-state index contributed by atoms with van der Waals surface area (Å²) in [5.41, 5.74) is 0. The fourth-order valence-electron chi connectivity index (χ4n) is 2.42. The lowest BCUT2D eigenvalue weighted by Crippen LogP contribution is -2.38. The first kappa shape index (κ1) is 15.8. The number of halogens is 1. The zero-order chi connectivity index (χ0) is 14.9. The molecule has 0 radical (unpaired) electrons. The Bertz CT molecular complexity index is 448. The van der Waals surface area contributed by atoms with E-state index in [0.717, 1.165) is 19.6 Å². The Labute approximate surface area is 125 Å². The second kappa shape index (κ2) is 8.62. The van der Waals surface area contributed by atoms with Gasteiger partial charge in [0.15, 0.2) is 11.6 Å². The van der Waals surface area contributed by atoms with Crippen LogP contribution < -0.4 is 15.4 Å². The molecule has 1 unspecified atom stereocenters. The highest BCUT2D eigenvalue weighted by atomic mass is 19.1. The maximum absolute atomic E-state index is 13.3. The van der Waals surface area contributed by atoms with Gasteiger partial charge < -0.3 is 15.4 Å². The molecule has 1 aromatic rings. The molecule has 1 fully saturated rings. The Hall–Kier alpha value is -1.62. The molecule has 21 heavy (non-hydrogen) atoms. The molecule has 0 aliphatic carbocycles. The number of hydrogen-bond acceptors (Lipinski definition) is 3. The van der Waals surface area contributed by atoms with Crippen LogP contribution in [0, 0.1) is 11.7 Å². The molecular weight excluding hydrogens is 271 g/mol. The molecule has 0 aromatic heterocycles. The predicted molar refractivity (Wildman–Crippen MR) is 79.7 cm³/mol.